The van der Waals surface area contributed by atoms with E-state index in [1.807, 2.05) is 0 Å². The summed E-state index contributed by atoms with van der Waals surface area (Å²) in [5.74, 6) is 11.8. The minimum absolute atomic E-state index is 0. The molecule has 0 aromatic carbocycles. The Balaban J connectivity index is -0.000000173. The van der Waals surface area contributed by atoms with Crippen LogP contribution in [-0.4, -0.2) is 5.88 Å². The quantitative estimate of drug-likeness (QED) is 0.127. The average molecular weight is 1800 g/mol. The van der Waals surface area contributed by atoms with Crippen molar-refractivity contribution in [3.8, 4) is 0 Å². The molecule has 3 fully saturated rings. The van der Waals surface area contributed by atoms with Gasteiger partial charge in [-0.1, -0.05) is 516 Å². The topological polar surface area (TPSA) is 0 Å². The first-order valence-corrected chi connectivity index (χ1v) is 53.5. The maximum atomic E-state index is 5.96. The normalized spacial score (nSPS) is 21.0. The molecule has 772 valence electrons. The summed E-state index contributed by atoms with van der Waals surface area (Å²) in [6.07, 6.45) is 32.2. The molecule has 126 heavy (non-hydrogen) atoms. The lowest BCUT2D eigenvalue weighted by Crippen LogP contribution is -2.40. The lowest BCUT2D eigenvalue weighted by molar-refractivity contribution is 0.0202. The minimum Gasteiger partial charge on any atom is -0.126 e. The zero-order valence-corrected chi connectivity index (χ0v) is 101. The van der Waals surface area contributed by atoms with Gasteiger partial charge < -0.3 is 0 Å². The molecule has 0 bridgehead atoms. The molecular weight excluding hydrogens is 1540 g/mol. The van der Waals surface area contributed by atoms with Crippen LogP contribution in [0.1, 0.15) is 606 Å². The number of hydrogen-bond donors (Lipinski definition) is 0. The van der Waals surface area contributed by atoms with Crippen molar-refractivity contribution in [2.24, 2.45) is 185 Å². The molecule has 0 spiro atoms. The lowest BCUT2D eigenvalue weighted by Gasteiger charge is -2.48. The molecule has 0 N–H and O–H groups in total. The van der Waals surface area contributed by atoms with Crippen molar-refractivity contribution in [3.63, 3.8) is 0 Å². The van der Waals surface area contributed by atoms with Crippen LogP contribution in [0, 0.1) is 185 Å². The van der Waals surface area contributed by atoms with Crippen LogP contribution in [0.3, 0.4) is 0 Å². The van der Waals surface area contributed by atoms with E-state index in [-0.39, 0.29) is 14.9 Å². The maximum absolute atomic E-state index is 5.96. The average Bonchev–Trinajstić information content (AvgIpc) is 0.966. The van der Waals surface area contributed by atoms with Gasteiger partial charge in [-0.15, -0.1) is 18.2 Å². The number of allylic oxidation sites excluding steroid dienone is 1. The highest BCUT2D eigenvalue weighted by Crippen LogP contribution is 2.54. The summed E-state index contributed by atoms with van der Waals surface area (Å²) in [6.45, 7) is 157. The molecular formula is C125H265Cl. The Morgan fingerprint density at radius 1 is 0.238 bits per heavy atom. The predicted octanol–water partition coefficient (Wildman–Crippen LogP) is 46.2. The summed E-state index contributed by atoms with van der Waals surface area (Å²) in [5.41, 5.74) is 9.41. The minimum atomic E-state index is 0. The van der Waals surface area contributed by atoms with E-state index in [1.165, 1.54) is 141 Å². The highest BCUT2D eigenvalue weighted by atomic mass is 35.5. The molecule has 3 aliphatic carbocycles. The predicted molar refractivity (Wildman–Crippen MR) is 599 cm³/mol. The second-order valence-electron chi connectivity index (χ2n) is 64.4. The molecule has 0 heterocycles. The molecule has 0 saturated heterocycles. The second kappa shape index (κ2) is 57.4. The molecule has 0 aromatic heterocycles. The molecule has 3 aliphatic rings. The molecule has 0 aliphatic heterocycles. The molecule has 0 radical (unpaired) electrons. The van der Waals surface area contributed by atoms with Gasteiger partial charge in [-0.25, -0.2) is 0 Å². The van der Waals surface area contributed by atoms with Crippen molar-refractivity contribution in [2.45, 2.75) is 606 Å². The van der Waals surface area contributed by atoms with Gasteiger partial charge in [0, 0.05) is 5.88 Å². The third-order valence-electron chi connectivity index (χ3n) is 28.8. The molecule has 0 amide bonds. The van der Waals surface area contributed by atoms with Gasteiger partial charge in [0.2, 0.25) is 0 Å². The van der Waals surface area contributed by atoms with Crippen LogP contribution in [0.5, 0.6) is 0 Å². The maximum Gasteiger partial charge on any atom is 0.0256 e. The van der Waals surface area contributed by atoms with Gasteiger partial charge in [0.25, 0.3) is 0 Å². The number of alkyl halides is 1. The number of halogens is 1. The summed E-state index contributed by atoms with van der Waals surface area (Å²) < 4.78 is 0. The Hall–Kier alpha value is 0.0300. The summed E-state index contributed by atoms with van der Waals surface area (Å²) in [7, 11) is 0. The van der Waals surface area contributed by atoms with Crippen LogP contribution in [0.2, 0.25) is 0 Å². The van der Waals surface area contributed by atoms with Crippen LogP contribution >= 0.6 is 11.6 Å². The third-order valence-corrected chi connectivity index (χ3v) is 29.1. The Labute approximate surface area is 816 Å². The molecule has 13 unspecified atom stereocenters. The van der Waals surface area contributed by atoms with Crippen LogP contribution < -0.4 is 0 Å². The molecule has 3 saturated carbocycles. The van der Waals surface area contributed by atoms with Gasteiger partial charge in [-0.3, -0.25) is 0 Å². The molecule has 1 heteroatoms. The van der Waals surface area contributed by atoms with Crippen molar-refractivity contribution in [1.82, 2.24) is 0 Å². The van der Waals surface area contributed by atoms with Crippen LogP contribution in [-0.2, 0) is 0 Å². The van der Waals surface area contributed by atoms with Gasteiger partial charge in [0.1, 0.15) is 0 Å². The molecule has 0 aromatic rings. The highest BCUT2D eigenvalue weighted by Gasteiger charge is 2.45. The van der Waals surface area contributed by atoms with Gasteiger partial charge in [-0.05, 0) is 282 Å². The SMILES string of the molecule is C.C.C=CC1CCC(C(C)(C)C)C(C(C)(C)C)C1.CC(C)(C)C1CCCC1C(C)(C)C.CC(C)(C)C1CCCCC1C(C)(C)C.CC(C)(C)CC(CCl)C(C)(C)C.CC(C)(C)CCC(C)(C)C.CC(CC(C)(C)C)C(C)(C)C.CCC(CC(C)(C)C)C(C)(C)C.CCC(CC(C)(C)C)C(C)(C)C.CCC(CC(C)(C)C)C(C)(C)C.CCC(CC(C)(C)C)C(C)(C)C. The fourth-order valence-electron chi connectivity index (χ4n) is 20.2. The van der Waals surface area contributed by atoms with E-state index in [4.69, 9.17) is 11.6 Å². The monoisotopic (exact) mass is 1800 g/mol. The van der Waals surface area contributed by atoms with E-state index in [1.54, 1.807) is 0 Å². The first-order chi connectivity index (χ1) is 53.8. The summed E-state index contributed by atoms with van der Waals surface area (Å²) in [4.78, 5) is 0. The Kier molecular flexibility index (Phi) is 65.5. The zero-order chi connectivity index (χ0) is 101. The van der Waals surface area contributed by atoms with Crippen LogP contribution in [0.25, 0.3) is 0 Å². The smallest absolute Gasteiger partial charge is 0.0256 e. The summed E-state index contributed by atoms with van der Waals surface area (Å²) in [6, 6.07) is 0. The Bertz CT molecular complexity index is 2350. The van der Waals surface area contributed by atoms with Gasteiger partial charge in [0.15, 0.2) is 0 Å². The second-order valence-corrected chi connectivity index (χ2v) is 64.7. The van der Waals surface area contributed by atoms with Gasteiger partial charge in [0.05, 0.1) is 0 Å². The highest BCUT2D eigenvalue weighted by molar-refractivity contribution is 6.18. The van der Waals surface area contributed by atoms with E-state index in [0.29, 0.717) is 114 Å². The van der Waals surface area contributed by atoms with Crippen molar-refractivity contribution in [1.29, 1.82) is 0 Å². The molecule has 3 rings (SSSR count). The van der Waals surface area contributed by atoms with Gasteiger partial charge in [-0.2, -0.15) is 0 Å². The van der Waals surface area contributed by atoms with E-state index in [0.717, 1.165) is 76.9 Å². The van der Waals surface area contributed by atoms with E-state index >= 15 is 0 Å². The summed E-state index contributed by atoms with van der Waals surface area (Å²) in [5, 5.41) is 0. The van der Waals surface area contributed by atoms with Crippen molar-refractivity contribution in [3.05, 3.63) is 12.7 Å². The number of hydrogen-bond acceptors (Lipinski definition) is 0. The number of rotatable bonds is 13. The third kappa shape index (κ3) is 78.1. The Morgan fingerprint density at radius 3 is 0.540 bits per heavy atom. The van der Waals surface area contributed by atoms with Gasteiger partial charge >= 0.3 is 0 Å². The molecule has 13 atom stereocenters. The first kappa shape index (κ1) is 144. The van der Waals surface area contributed by atoms with E-state index in [2.05, 4.69) is 463 Å². The van der Waals surface area contributed by atoms with Crippen LogP contribution in [0.15, 0.2) is 12.7 Å². The van der Waals surface area contributed by atoms with E-state index < -0.39 is 0 Å². The largest absolute Gasteiger partial charge is 0.126 e. The van der Waals surface area contributed by atoms with E-state index in [9.17, 15) is 0 Å². The van der Waals surface area contributed by atoms with Crippen LogP contribution in [0.4, 0.5) is 0 Å². The standard InChI is InChI=1S/C16H30.C14H28.C13H26.4C12H26.C11H23Cl.C11H24.C10H22.2CH4/c1-8-12-9-10-13(15(2,3)4)14(11-12)16(5,6)7;1-13(2,3)11-9-7-8-10-12(11)14(4,5)6;1-12(2,3)10-8-7-9-11(10)13(4,5)6;4*1-8-10(12(5,6)7)9-11(2,3)4;1-10(2,3)7-9(8-12)11(4,5)6;1-9(11(5,6)7)8-10(2,3)4;1-9(2,3)7-8-10(4,5)6;;/h8,12-14H,1,9-11H2,2-7H3;11-12H,7-10H2,1-6H3;10-11H,7-9H2,1-6H3;4*10H,8-9H2,1-7H3;9H,7-8H2,1-6H3;9H,8H2,1-7H3;7-8H2,1-6H3;2*1H4. The van der Waals surface area contributed by atoms with Crippen molar-refractivity contribution >= 4 is 11.6 Å². The summed E-state index contributed by atoms with van der Waals surface area (Å²) >= 11 is 5.96. The molecule has 0 nitrogen and oxygen atoms in total. The fraction of sp³-hybridized carbons (Fsp3) is 0.984. The Morgan fingerprint density at radius 2 is 0.421 bits per heavy atom. The first-order valence-electron chi connectivity index (χ1n) is 53.0. The zero-order valence-electron chi connectivity index (χ0n) is 100. The van der Waals surface area contributed by atoms with Crippen molar-refractivity contribution < 1.29 is 0 Å². The fourth-order valence-corrected chi connectivity index (χ4v) is 20.7. The lowest BCUT2D eigenvalue weighted by atomic mass is 9.57. The van der Waals surface area contributed by atoms with Crippen molar-refractivity contribution in [2.75, 3.05) is 5.88 Å².